The van der Waals surface area contributed by atoms with Crippen LogP contribution >= 0.6 is 46.4 Å². The maximum absolute atomic E-state index is 12.2. The average Bonchev–Trinajstić information content (AvgIpc) is 2.87. The Kier molecular flexibility index (Phi) is 11.8. The smallest absolute Gasteiger partial charge is 0.344 e. The second-order valence-corrected chi connectivity index (χ2v) is 9.09. The van der Waals surface area contributed by atoms with Gasteiger partial charge >= 0.3 is 11.9 Å². The standard InChI is InChI=1S/C25H20Cl4O8/c1-34-20-11-14(5-9-18(20)36-24(32)22(26)27)3-7-16(30)13-17(31)8-4-15-6-10-19(21(12-15)35-2)37-25(33)23(28)29/h3-13,22-23,30H,1-2H3/b7-3+,8-4+,16-13-. The van der Waals surface area contributed by atoms with Gasteiger partial charge in [-0.3, -0.25) is 4.79 Å². The Bertz CT molecular complexity index is 1240. The number of benzene rings is 2. The van der Waals surface area contributed by atoms with Gasteiger partial charge in [0.2, 0.25) is 9.67 Å². The summed E-state index contributed by atoms with van der Waals surface area (Å²) in [6.07, 6.45) is 6.53. The zero-order chi connectivity index (χ0) is 27.5. The number of carbonyl (C=O) groups is 3. The van der Waals surface area contributed by atoms with Gasteiger partial charge in [-0.05, 0) is 47.5 Å². The van der Waals surface area contributed by atoms with Gasteiger partial charge in [-0.25, -0.2) is 9.59 Å². The molecule has 0 atom stereocenters. The van der Waals surface area contributed by atoms with Gasteiger partial charge in [-0.1, -0.05) is 70.7 Å². The summed E-state index contributed by atoms with van der Waals surface area (Å²) in [7, 11) is 2.76. The van der Waals surface area contributed by atoms with Crippen molar-refractivity contribution in [3.63, 3.8) is 0 Å². The summed E-state index contributed by atoms with van der Waals surface area (Å²) < 4.78 is 20.4. The van der Waals surface area contributed by atoms with Crippen LogP contribution in [0.25, 0.3) is 12.2 Å². The van der Waals surface area contributed by atoms with E-state index in [-0.39, 0.29) is 28.8 Å². The predicted octanol–water partition coefficient (Wildman–Crippen LogP) is 5.86. The molecule has 0 unspecified atom stereocenters. The number of methoxy groups -OCH3 is 2. The minimum absolute atomic E-state index is 0.107. The highest BCUT2D eigenvalue weighted by atomic mass is 35.5. The first-order valence-corrected chi connectivity index (χ1v) is 11.9. The Balaban J connectivity index is 2.08. The molecule has 37 heavy (non-hydrogen) atoms. The van der Waals surface area contributed by atoms with E-state index in [0.717, 1.165) is 6.08 Å². The molecule has 0 radical (unpaired) electrons. The van der Waals surface area contributed by atoms with Crippen LogP contribution in [0.2, 0.25) is 0 Å². The van der Waals surface area contributed by atoms with Crippen LogP contribution in [0.4, 0.5) is 0 Å². The molecule has 0 aromatic heterocycles. The van der Waals surface area contributed by atoms with Crippen LogP contribution in [0.3, 0.4) is 0 Å². The highest BCUT2D eigenvalue weighted by molar-refractivity contribution is 6.53. The van der Waals surface area contributed by atoms with Crippen molar-refractivity contribution in [1.82, 2.24) is 0 Å². The molecule has 12 heteroatoms. The van der Waals surface area contributed by atoms with Crippen molar-refractivity contribution in [2.75, 3.05) is 14.2 Å². The van der Waals surface area contributed by atoms with E-state index in [1.807, 2.05) is 0 Å². The van der Waals surface area contributed by atoms with Crippen molar-refractivity contribution in [2.24, 2.45) is 0 Å². The number of hydrogen-bond donors (Lipinski definition) is 1. The van der Waals surface area contributed by atoms with Gasteiger partial charge in [0, 0.05) is 6.08 Å². The Morgan fingerprint density at radius 3 is 1.57 bits per heavy atom. The number of aliphatic hydroxyl groups excluding tert-OH is 1. The van der Waals surface area contributed by atoms with Crippen molar-refractivity contribution in [3.05, 3.63) is 71.5 Å². The summed E-state index contributed by atoms with van der Waals surface area (Å²) in [5, 5.41) is 10.1. The van der Waals surface area contributed by atoms with Gasteiger partial charge in [0.15, 0.2) is 28.8 Å². The molecule has 0 fully saturated rings. The largest absolute Gasteiger partial charge is 0.508 e. The maximum Gasteiger partial charge on any atom is 0.344 e. The molecule has 0 saturated heterocycles. The van der Waals surface area contributed by atoms with E-state index >= 15 is 0 Å². The molecule has 8 nitrogen and oxygen atoms in total. The number of ether oxygens (including phenoxy) is 4. The number of halogens is 4. The van der Waals surface area contributed by atoms with Gasteiger partial charge in [0.1, 0.15) is 5.76 Å². The molecule has 2 aromatic rings. The van der Waals surface area contributed by atoms with Crippen molar-refractivity contribution >= 4 is 76.3 Å². The van der Waals surface area contributed by atoms with Crippen molar-refractivity contribution in [1.29, 1.82) is 0 Å². The second kappa shape index (κ2) is 14.5. The number of allylic oxidation sites excluding steroid dienone is 3. The minimum atomic E-state index is -1.35. The normalized spacial score (nSPS) is 11.8. The molecular formula is C25H20Cl4O8. The molecule has 2 rings (SSSR count). The quantitative estimate of drug-likeness (QED) is 0.0867. The highest BCUT2D eigenvalue weighted by Gasteiger charge is 2.18. The number of ketones is 1. The zero-order valence-electron chi connectivity index (χ0n) is 19.3. The van der Waals surface area contributed by atoms with E-state index in [9.17, 15) is 19.5 Å². The minimum Gasteiger partial charge on any atom is -0.508 e. The fourth-order valence-electron chi connectivity index (χ4n) is 2.65. The summed E-state index contributed by atoms with van der Waals surface area (Å²) in [5.41, 5.74) is 1.14. The molecule has 0 spiro atoms. The summed E-state index contributed by atoms with van der Waals surface area (Å²) in [6, 6.07) is 9.15. The number of hydrogen-bond acceptors (Lipinski definition) is 8. The summed E-state index contributed by atoms with van der Waals surface area (Å²) in [6.45, 7) is 0. The molecule has 1 N–H and O–H groups in total. The van der Waals surface area contributed by atoms with Crippen LogP contribution in [0.15, 0.2) is 60.4 Å². The van der Waals surface area contributed by atoms with Crippen molar-refractivity contribution < 1.29 is 38.4 Å². The number of carbonyl (C=O) groups excluding carboxylic acids is 3. The maximum atomic E-state index is 12.2. The number of alkyl halides is 4. The van der Waals surface area contributed by atoms with Gasteiger partial charge in [0.25, 0.3) is 0 Å². The van der Waals surface area contributed by atoms with Crippen LogP contribution in [0.5, 0.6) is 23.0 Å². The summed E-state index contributed by atoms with van der Waals surface area (Å²) >= 11 is 21.9. The first-order chi connectivity index (χ1) is 17.5. The molecule has 0 aliphatic heterocycles. The average molecular weight is 590 g/mol. The predicted molar refractivity (Wildman–Crippen MR) is 142 cm³/mol. The molecular weight excluding hydrogens is 570 g/mol. The van der Waals surface area contributed by atoms with Crippen molar-refractivity contribution in [2.45, 2.75) is 9.67 Å². The third-order valence-corrected chi connectivity index (χ3v) is 5.04. The number of aliphatic hydroxyl groups is 1. The molecule has 0 aliphatic carbocycles. The van der Waals surface area contributed by atoms with Crippen molar-refractivity contribution in [3.8, 4) is 23.0 Å². The highest BCUT2D eigenvalue weighted by Crippen LogP contribution is 2.30. The Hall–Kier alpha value is -3.17. The first-order valence-electron chi connectivity index (χ1n) is 10.2. The van der Waals surface area contributed by atoms with E-state index in [4.69, 9.17) is 65.4 Å². The number of esters is 2. The zero-order valence-corrected chi connectivity index (χ0v) is 22.3. The molecule has 0 saturated carbocycles. The van der Waals surface area contributed by atoms with E-state index in [1.165, 1.54) is 56.7 Å². The van der Waals surface area contributed by atoms with Crippen LogP contribution in [0.1, 0.15) is 11.1 Å². The van der Waals surface area contributed by atoms with Crippen LogP contribution in [-0.2, 0) is 14.4 Å². The monoisotopic (exact) mass is 588 g/mol. The molecule has 0 heterocycles. The molecule has 0 aliphatic rings. The second-order valence-electron chi connectivity index (χ2n) is 6.90. The molecule has 0 amide bonds. The topological polar surface area (TPSA) is 108 Å². The van der Waals surface area contributed by atoms with E-state index in [0.29, 0.717) is 11.1 Å². The lowest BCUT2D eigenvalue weighted by Crippen LogP contribution is -2.16. The Morgan fingerprint density at radius 1 is 0.730 bits per heavy atom. The fourth-order valence-corrected chi connectivity index (χ4v) is 2.83. The first kappa shape index (κ1) is 30.1. The van der Waals surface area contributed by atoms with E-state index < -0.39 is 27.4 Å². The van der Waals surface area contributed by atoms with E-state index in [1.54, 1.807) is 18.2 Å². The van der Waals surface area contributed by atoms with Crippen LogP contribution < -0.4 is 18.9 Å². The lowest BCUT2D eigenvalue weighted by Gasteiger charge is -2.10. The molecule has 196 valence electrons. The lowest BCUT2D eigenvalue weighted by molar-refractivity contribution is -0.133. The van der Waals surface area contributed by atoms with Gasteiger partial charge in [-0.15, -0.1) is 0 Å². The van der Waals surface area contributed by atoms with Crippen LogP contribution in [-0.4, -0.2) is 46.7 Å². The van der Waals surface area contributed by atoms with Crippen LogP contribution in [0, 0.1) is 0 Å². The molecule has 0 bridgehead atoms. The molecule has 2 aromatic carbocycles. The summed E-state index contributed by atoms with van der Waals surface area (Å²) in [5.74, 6) is -1.86. The van der Waals surface area contributed by atoms with Gasteiger partial charge in [-0.2, -0.15) is 0 Å². The van der Waals surface area contributed by atoms with Gasteiger partial charge < -0.3 is 24.1 Å². The summed E-state index contributed by atoms with van der Waals surface area (Å²) in [4.78, 5) is 32.6. The SMILES string of the molecule is COc1cc(/C=C/C(=O)/C=C(O)/C=C/c2ccc(OC(=O)C(Cl)Cl)c(OC)c2)ccc1OC(=O)C(Cl)Cl. The Labute approximate surface area is 232 Å². The number of rotatable bonds is 11. The van der Waals surface area contributed by atoms with E-state index in [2.05, 4.69) is 0 Å². The Morgan fingerprint density at radius 2 is 1.16 bits per heavy atom. The fraction of sp³-hybridized carbons (Fsp3) is 0.160. The third kappa shape index (κ3) is 9.66. The lowest BCUT2D eigenvalue weighted by atomic mass is 10.1. The third-order valence-electron chi connectivity index (χ3n) is 4.33. The van der Waals surface area contributed by atoms with Gasteiger partial charge in [0.05, 0.1) is 14.2 Å².